The summed E-state index contributed by atoms with van der Waals surface area (Å²) in [5.41, 5.74) is 2.23. The van der Waals surface area contributed by atoms with Crippen molar-refractivity contribution in [3.8, 4) is 17.4 Å². The molecule has 4 aromatic rings. The lowest BCUT2D eigenvalue weighted by Crippen LogP contribution is -2.13. The summed E-state index contributed by atoms with van der Waals surface area (Å²) >= 11 is 0. The highest BCUT2D eigenvalue weighted by Crippen LogP contribution is 2.25. The van der Waals surface area contributed by atoms with Crippen molar-refractivity contribution in [2.24, 2.45) is 7.05 Å². The third-order valence-electron chi connectivity index (χ3n) is 5.04. The summed E-state index contributed by atoms with van der Waals surface area (Å²) in [6.07, 6.45) is 1.51. The molecule has 3 aromatic heterocycles. The second-order valence-electron chi connectivity index (χ2n) is 8.39. The van der Waals surface area contributed by atoms with Gasteiger partial charge in [-0.1, -0.05) is 13.8 Å². The van der Waals surface area contributed by atoms with Crippen molar-refractivity contribution < 1.29 is 13.2 Å². The van der Waals surface area contributed by atoms with Gasteiger partial charge in [-0.15, -0.1) is 0 Å². The van der Waals surface area contributed by atoms with Crippen LogP contribution in [0.3, 0.4) is 0 Å². The van der Waals surface area contributed by atoms with Crippen LogP contribution in [0.4, 0.5) is 5.69 Å². The van der Waals surface area contributed by atoms with Gasteiger partial charge in [0.05, 0.1) is 5.69 Å². The molecular formula is C23H27N7O3S. The molecule has 0 aliphatic carbocycles. The third kappa shape index (κ3) is 4.93. The van der Waals surface area contributed by atoms with Gasteiger partial charge in [0.25, 0.3) is 10.0 Å². The van der Waals surface area contributed by atoms with Crippen LogP contribution < -0.4 is 9.46 Å². The quantitative estimate of drug-likeness (QED) is 0.423. The summed E-state index contributed by atoms with van der Waals surface area (Å²) < 4.78 is 37.4. The molecule has 34 heavy (non-hydrogen) atoms. The van der Waals surface area contributed by atoms with Crippen LogP contribution in [0.25, 0.3) is 5.82 Å². The Labute approximate surface area is 198 Å². The molecule has 0 aliphatic rings. The molecule has 0 unspecified atom stereocenters. The van der Waals surface area contributed by atoms with Crippen molar-refractivity contribution in [3.05, 3.63) is 65.6 Å². The molecule has 0 aliphatic heterocycles. The number of ether oxygens (including phenoxy) is 1. The zero-order valence-electron chi connectivity index (χ0n) is 19.9. The normalized spacial score (nSPS) is 11.7. The third-order valence-corrected chi connectivity index (χ3v) is 6.29. The maximum Gasteiger partial charge on any atom is 0.280 e. The zero-order chi connectivity index (χ0) is 24.6. The Morgan fingerprint density at radius 2 is 1.71 bits per heavy atom. The number of aromatic nitrogens is 6. The van der Waals surface area contributed by atoms with E-state index in [1.54, 1.807) is 53.6 Å². The Balaban J connectivity index is 1.51. The number of hydrogen-bond donors (Lipinski definition) is 1. The molecule has 0 saturated heterocycles. The van der Waals surface area contributed by atoms with Crippen LogP contribution in [0.1, 0.15) is 42.8 Å². The lowest BCUT2D eigenvalue weighted by molar-refractivity contribution is 0.459. The SMILES string of the molecule is Cc1cc(C)n(-c2cc(Oc3ccc(NS(=O)(=O)c4cn(C)c(C(C)C)n4)cc3)nc(C)n2)n1. The second-order valence-corrected chi connectivity index (χ2v) is 10.0. The topological polar surface area (TPSA) is 117 Å². The van der Waals surface area contributed by atoms with Gasteiger partial charge in [-0.3, -0.25) is 4.72 Å². The van der Waals surface area contributed by atoms with Crippen LogP contribution in [0.2, 0.25) is 0 Å². The van der Waals surface area contributed by atoms with Gasteiger partial charge in [0.2, 0.25) is 5.88 Å². The average Bonchev–Trinajstić information content (AvgIpc) is 3.31. The molecule has 1 N–H and O–H groups in total. The molecule has 0 fully saturated rings. The molecule has 0 saturated carbocycles. The van der Waals surface area contributed by atoms with Crippen molar-refractivity contribution in [1.29, 1.82) is 0 Å². The molecular weight excluding hydrogens is 454 g/mol. The summed E-state index contributed by atoms with van der Waals surface area (Å²) in [4.78, 5) is 13.1. The number of aryl methyl sites for hydroxylation is 4. The number of anilines is 1. The molecule has 0 amide bonds. The van der Waals surface area contributed by atoms with E-state index in [4.69, 9.17) is 4.74 Å². The maximum absolute atomic E-state index is 12.8. The molecule has 1 aromatic carbocycles. The average molecular weight is 482 g/mol. The molecule has 3 heterocycles. The zero-order valence-corrected chi connectivity index (χ0v) is 20.8. The fourth-order valence-corrected chi connectivity index (χ4v) is 4.65. The van der Waals surface area contributed by atoms with Crippen molar-refractivity contribution in [2.45, 2.75) is 45.6 Å². The largest absolute Gasteiger partial charge is 0.439 e. The van der Waals surface area contributed by atoms with Gasteiger partial charge < -0.3 is 9.30 Å². The number of sulfonamides is 1. The molecule has 0 atom stereocenters. The van der Waals surface area contributed by atoms with Crippen molar-refractivity contribution in [2.75, 3.05) is 4.72 Å². The Hall–Kier alpha value is -3.73. The first kappa shape index (κ1) is 23.4. The van der Waals surface area contributed by atoms with Crippen molar-refractivity contribution in [1.82, 2.24) is 29.3 Å². The smallest absolute Gasteiger partial charge is 0.280 e. The van der Waals surface area contributed by atoms with Gasteiger partial charge in [-0.2, -0.15) is 18.5 Å². The number of rotatable bonds is 7. The van der Waals surface area contributed by atoms with E-state index >= 15 is 0 Å². The second kappa shape index (κ2) is 8.90. The van der Waals surface area contributed by atoms with Crippen molar-refractivity contribution >= 4 is 15.7 Å². The van der Waals surface area contributed by atoms with E-state index < -0.39 is 10.0 Å². The van der Waals surface area contributed by atoms with Crippen LogP contribution in [-0.4, -0.2) is 37.7 Å². The van der Waals surface area contributed by atoms with Gasteiger partial charge in [-0.25, -0.2) is 14.6 Å². The summed E-state index contributed by atoms with van der Waals surface area (Å²) in [7, 11) is -2.04. The molecule has 178 valence electrons. The monoisotopic (exact) mass is 481 g/mol. The minimum atomic E-state index is -3.82. The number of benzene rings is 1. The van der Waals surface area contributed by atoms with Gasteiger partial charge in [-0.05, 0) is 51.1 Å². The minimum Gasteiger partial charge on any atom is -0.439 e. The van der Waals surface area contributed by atoms with E-state index in [9.17, 15) is 8.42 Å². The van der Waals surface area contributed by atoms with Gasteiger partial charge in [0, 0.05) is 36.6 Å². The maximum atomic E-state index is 12.8. The molecule has 0 spiro atoms. The highest BCUT2D eigenvalue weighted by Gasteiger charge is 2.21. The minimum absolute atomic E-state index is 0.0211. The van der Waals surface area contributed by atoms with Crippen LogP contribution in [0.15, 0.2) is 47.6 Å². The van der Waals surface area contributed by atoms with Gasteiger partial charge in [0.1, 0.15) is 17.4 Å². The lowest BCUT2D eigenvalue weighted by atomic mass is 10.2. The fourth-order valence-electron chi connectivity index (χ4n) is 3.58. The first-order valence-corrected chi connectivity index (χ1v) is 12.2. The molecule has 4 rings (SSSR count). The van der Waals surface area contributed by atoms with Crippen LogP contribution >= 0.6 is 0 Å². The molecule has 10 nitrogen and oxygen atoms in total. The molecule has 0 radical (unpaired) electrons. The van der Waals surface area contributed by atoms with E-state index in [0.717, 1.165) is 11.4 Å². The van der Waals surface area contributed by atoms with Crippen LogP contribution in [0, 0.1) is 20.8 Å². The van der Waals surface area contributed by atoms with Crippen molar-refractivity contribution in [3.63, 3.8) is 0 Å². The van der Waals surface area contributed by atoms with E-state index in [1.807, 2.05) is 33.8 Å². The Morgan fingerprint density at radius 1 is 1.00 bits per heavy atom. The summed E-state index contributed by atoms with van der Waals surface area (Å²) in [6.45, 7) is 9.57. The summed E-state index contributed by atoms with van der Waals surface area (Å²) in [5, 5.41) is 4.43. The highest BCUT2D eigenvalue weighted by atomic mass is 32.2. The first-order chi connectivity index (χ1) is 16.0. The molecule has 0 bridgehead atoms. The van der Waals surface area contributed by atoms with Crippen LogP contribution in [0.5, 0.6) is 11.6 Å². The fraction of sp³-hybridized carbons (Fsp3) is 0.304. The number of hydrogen-bond acceptors (Lipinski definition) is 7. The Morgan fingerprint density at radius 3 is 2.29 bits per heavy atom. The van der Waals surface area contributed by atoms with E-state index in [0.29, 0.717) is 34.8 Å². The Bertz CT molecular complexity index is 1440. The predicted molar refractivity (Wildman–Crippen MR) is 128 cm³/mol. The number of nitrogens with one attached hydrogen (secondary N) is 1. The van der Waals surface area contributed by atoms with E-state index in [-0.39, 0.29) is 10.9 Å². The molecule has 11 heteroatoms. The Kier molecular flexibility index (Phi) is 6.13. The van der Waals surface area contributed by atoms with Gasteiger partial charge in [0.15, 0.2) is 10.8 Å². The first-order valence-electron chi connectivity index (χ1n) is 10.7. The highest BCUT2D eigenvalue weighted by molar-refractivity contribution is 7.92. The number of nitrogens with zero attached hydrogens (tertiary/aromatic N) is 6. The summed E-state index contributed by atoms with van der Waals surface area (Å²) in [5.74, 6) is 2.81. The van der Waals surface area contributed by atoms with E-state index in [1.165, 1.54) is 6.20 Å². The van der Waals surface area contributed by atoms with Crippen LogP contribution in [-0.2, 0) is 17.1 Å². The predicted octanol–water partition coefficient (Wildman–Crippen LogP) is 4.04. The van der Waals surface area contributed by atoms with E-state index in [2.05, 4.69) is 24.8 Å². The summed E-state index contributed by atoms with van der Waals surface area (Å²) in [6, 6.07) is 10.2. The number of imidazole rings is 1. The van der Waals surface area contributed by atoms with Gasteiger partial charge >= 0.3 is 0 Å². The standard InChI is InChI=1S/C23H27N7O3S/c1-14(2)23-26-22(13-29(23)6)34(31,32)28-18-7-9-19(10-8-18)33-21-12-20(24-17(5)25-21)30-16(4)11-15(3)27-30/h7-14,28H,1-6H3. The lowest BCUT2D eigenvalue weighted by Gasteiger charge is -2.10.